The van der Waals surface area contributed by atoms with E-state index in [0.717, 1.165) is 0 Å². The minimum Gasteiger partial charge on any atom is -0.394 e. The van der Waals surface area contributed by atoms with Crippen molar-refractivity contribution in [3.63, 3.8) is 0 Å². The molecule has 41 valence electrons. The van der Waals surface area contributed by atoms with Crippen molar-refractivity contribution in [3.05, 3.63) is 0 Å². The maximum Gasteiger partial charge on any atom is 0.309 e. The third-order valence-electron chi connectivity index (χ3n) is 0.579. The molecular formula is C4H8NO2. The number of hydrogen-bond acceptors (Lipinski definition) is 2. The third-order valence-corrected chi connectivity index (χ3v) is 0.579. The molecule has 0 bridgehead atoms. The van der Waals surface area contributed by atoms with Gasteiger partial charge in [0.05, 0.1) is 6.61 Å². The van der Waals surface area contributed by atoms with Crippen LogP contribution in [-0.4, -0.2) is 24.2 Å². The van der Waals surface area contributed by atoms with Gasteiger partial charge in [0.1, 0.15) is 0 Å². The van der Waals surface area contributed by atoms with E-state index in [0.29, 0.717) is 0 Å². The van der Waals surface area contributed by atoms with E-state index in [9.17, 15) is 4.79 Å². The fraction of sp³-hybridized carbons (Fsp3) is 0.750. The first kappa shape index (κ1) is 6.43. The highest BCUT2D eigenvalue weighted by Crippen LogP contribution is 1.70. The summed E-state index contributed by atoms with van der Waals surface area (Å²) in [7, 11) is 0. The molecule has 1 radical (unpaired) electrons. The first-order valence-electron chi connectivity index (χ1n) is 2.04. The first-order valence-corrected chi connectivity index (χ1v) is 2.04. The highest BCUT2D eigenvalue weighted by molar-refractivity contribution is 5.47. The molecule has 0 aromatic carbocycles. The van der Waals surface area contributed by atoms with Gasteiger partial charge in [-0.1, -0.05) is 0 Å². The van der Waals surface area contributed by atoms with Gasteiger partial charge in [0.15, 0.2) is 0 Å². The average Bonchev–Trinajstić information content (AvgIpc) is 1.68. The van der Waals surface area contributed by atoms with E-state index in [1.807, 2.05) is 0 Å². The Balaban J connectivity index is 2.98. The molecule has 1 unspecified atom stereocenters. The van der Waals surface area contributed by atoms with Gasteiger partial charge in [0.25, 0.3) is 0 Å². The lowest BCUT2D eigenvalue weighted by Gasteiger charge is -2.00. The van der Waals surface area contributed by atoms with Crippen molar-refractivity contribution in [2.45, 2.75) is 13.0 Å². The Kier molecular flexibility index (Phi) is 3.32. The van der Waals surface area contributed by atoms with Crippen molar-refractivity contribution in [3.8, 4) is 0 Å². The maximum absolute atomic E-state index is 9.43. The molecule has 2 N–H and O–H groups in total. The van der Waals surface area contributed by atoms with Crippen LogP contribution in [-0.2, 0) is 4.79 Å². The van der Waals surface area contributed by atoms with Crippen LogP contribution in [0.3, 0.4) is 0 Å². The summed E-state index contributed by atoms with van der Waals surface area (Å²) in [4.78, 5) is 9.43. The number of amides is 1. The number of carbonyl (C=O) groups excluding carboxylic acids is 1. The molecule has 0 rings (SSSR count). The molecule has 3 nitrogen and oxygen atoms in total. The predicted octanol–water partition coefficient (Wildman–Crippen LogP) is -0.976. The summed E-state index contributed by atoms with van der Waals surface area (Å²) in [6.45, 7) is 1.65. The Hall–Kier alpha value is -0.570. The molecule has 7 heavy (non-hydrogen) atoms. The van der Waals surface area contributed by atoms with Gasteiger partial charge >= 0.3 is 6.41 Å². The van der Waals surface area contributed by atoms with Crippen LogP contribution < -0.4 is 5.32 Å². The van der Waals surface area contributed by atoms with Crippen molar-refractivity contribution in [1.29, 1.82) is 0 Å². The SMILES string of the molecule is CC(CO)N[C]=O. The lowest BCUT2D eigenvalue weighted by Crippen LogP contribution is -2.27. The van der Waals surface area contributed by atoms with Crippen LogP contribution in [0.15, 0.2) is 0 Å². The van der Waals surface area contributed by atoms with Gasteiger partial charge < -0.3 is 10.4 Å². The molecule has 0 aliphatic heterocycles. The van der Waals surface area contributed by atoms with Crippen LogP contribution in [0.2, 0.25) is 0 Å². The van der Waals surface area contributed by atoms with E-state index in [-0.39, 0.29) is 12.6 Å². The molecule has 1 atom stereocenters. The van der Waals surface area contributed by atoms with Crippen molar-refractivity contribution >= 4 is 6.41 Å². The van der Waals surface area contributed by atoms with Crippen LogP contribution in [0.5, 0.6) is 0 Å². The second kappa shape index (κ2) is 3.61. The summed E-state index contributed by atoms with van der Waals surface area (Å²) >= 11 is 0. The van der Waals surface area contributed by atoms with Gasteiger partial charge in [0, 0.05) is 6.04 Å². The molecule has 0 heterocycles. The normalized spacial score (nSPS) is 12.9. The molecule has 0 spiro atoms. The molecular weight excluding hydrogens is 94.0 g/mol. The lowest BCUT2D eigenvalue weighted by molar-refractivity contribution is 0.263. The summed E-state index contributed by atoms with van der Waals surface area (Å²) in [5.74, 6) is 0. The van der Waals surface area contributed by atoms with Gasteiger partial charge in [-0.2, -0.15) is 0 Å². The number of nitrogens with one attached hydrogen (secondary N) is 1. The lowest BCUT2D eigenvalue weighted by atomic mass is 10.4. The molecule has 3 heteroatoms. The second-order valence-corrected chi connectivity index (χ2v) is 1.33. The fourth-order valence-corrected chi connectivity index (χ4v) is 0.146. The van der Waals surface area contributed by atoms with Gasteiger partial charge in [-0.3, -0.25) is 4.79 Å². The Bertz CT molecular complexity index is 55.7. The summed E-state index contributed by atoms with van der Waals surface area (Å²) in [5, 5.41) is 10.5. The van der Waals surface area contributed by atoms with Crippen molar-refractivity contribution in [1.82, 2.24) is 5.32 Å². The van der Waals surface area contributed by atoms with Crippen LogP contribution in [0.4, 0.5) is 0 Å². The topological polar surface area (TPSA) is 49.3 Å². The van der Waals surface area contributed by atoms with Crippen LogP contribution in [0, 0.1) is 0 Å². The molecule has 0 saturated carbocycles. The molecule has 0 aliphatic rings. The summed E-state index contributed by atoms with van der Waals surface area (Å²) in [6, 6.07) is -0.169. The van der Waals surface area contributed by atoms with Gasteiger partial charge in [-0.25, -0.2) is 0 Å². The highest BCUT2D eigenvalue weighted by atomic mass is 16.3. The predicted molar refractivity (Wildman–Crippen MR) is 25.4 cm³/mol. The first-order chi connectivity index (χ1) is 3.31. The Labute approximate surface area is 42.3 Å². The fourth-order valence-electron chi connectivity index (χ4n) is 0.146. The van der Waals surface area contributed by atoms with E-state index in [1.165, 1.54) is 6.41 Å². The van der Waals surface area contributed by atoms with Gasteiger partial charge in [-0.15, -0.1) is 0 Å². The monoisotopic (exact) mass is 102 g/mol. The van der Waals surface area contributed by atoms with E-state index in [4.69, 9.17) is 5.11 Å². The minimum absolute atomic E-state index is 0.0325. The highest BCUT2D eigenvalue weighted by Gasteiger charge is 1.92. The Morgan fingerprint density at radius 1 is 2.00 bits per heavy atom. The van der Waals surface area contributed by atoms with Crippen molar-refractivity contribution in [2.24, 2.45) is 0 Å². The van der Waals surface area contributed by atoms with Gasteiger partial charge in [-0.05, 0) is 6.92 Å². The summed E-state index contributed by atoms with van der Waals surface area (Å²) < 4.78 is 0. The van der Waals surface area contributed by atoms with Crippen LogP contribution >= 0.6 is 0 Å². The number of hydrogen-bond donors (Lipinski definition) is 2. The van der Waals surface area contributed by atoms with E-state index < -0.39 is 0 Å². The number of rotatable bonds is 3. The van der Waals surface area contributed by atoms with Crippen LogP contribution in [0.25, 0.3) is 0 Å². The zero-order chi connectivity index (χ0) is 5.70. The zero-order valence-corrected chi connectivity index (χ0v) is 4.14. The number of aliphatic hydroxyl groups is 1. The molecule has 0 fully saturated rings. The second-order valence-electron chi connectivity index (χ2n) is 1.33. The molecule has 1 amide bonds. The maximum atomic E-state index is 9.43. The quantitative estimate of drug-likeness (QED) is 0.450. The Morgan fingerprint density at radius 3 is 2.71 bits per heavy atom. The van der Waals surface area contributed by atoms with E-state index >= 15 is 0 Å². The third kappa shape index (κ3) is 3.26. The largest absolute Gasteiger partial charge is 0.394 e. The van der Waals surface area contributed by atoms with Gasteiger partial charge in [0.2, 0.25) is 0 Å². The smallest absolute Gasteiger partial charge is 0.309 e. The number of aliphatic hydroxyl groups excluding tert-OH is 1. The molecule has 0 saturated heterocycles. The van der Waals surface area contributed by atoms with E-state index in [1.54, 1.807) is 6.92 Å². The Morgan fingerprint density at radius 2 is 2.57 bits per heavy atom. The summed E-state index contributed by atoms with van der Waals surface area (Å²) in [5.41, 5.74) is 0. The zero-order valence-electron chi connectivity index (χ0n) is 4.14. The standard InChI is InChI=1S/C4H8NO2/c1-4(2-6)5-3-7/h4,6H,2H2,1H3,(H,5,7). The van der Waals surface area contributed by atoms with Crippen LogP contribution in [0.1, 0.15) is 6.92 Å². The average molecular weight is 102 g/mol. The molecule has 0 aromatic rings. The molecule has 0 aromatic heterocycles. The summed E-state index contributed by atoms with van der Waals surface area (Å²) in [6.07, 6.45) is 1.46. The minimum atomic E-state index is -0.169. The van der Waals surface area contributed by atoms with E-state index in [2.05, 4.69) is 5.32 Å². The molecule has 0 aliphatic carbocycles. The van der Waals surface area contributed by atoms with Crippen molar-refractivity contribution < 1.29 is 9.90 Å². The van der Waals surface area contributed by atoms with Crippen molar-refractivity contribution in [2.75, 3.05) is 6.61 Å².